The first-order valence-corrected chi connectivity index (χ1v) is 9.05. The molecule has 0 fully saturated rings. The van der Waals surface area contributed by atoms with E-state index in [0.29, 0.717) is 5.92 Å². The van der Waals surface area contributed by atoms with Gasteiger partial charge in [-0.3, -0.25) is 4.90 Å². The van der Waals surface area contributed by atoms with Crippen LogP contribution in [0.4, 0.5) is 0 Å². The minimum Gasteiger partial charge on any atom is -0.295 e. The molecule has 2 heterocycles. The van der Waals surface area contributed by atoms with Gasteiger partial charge in [-0.15, -0.1) is 0 Å². The lowest BCUT2D eigenvalue weighted by Crippen LogP contribution is -2.33. The number of hydrogen-bond acceptors (Lipinski definition) is 3. The van der Waals surface area contributed by atoms with Crippen LogP contribution in [0.1, 0.15) is 56.6 Å². The minimum absolute atomic E-state index is 0.700. The Bertz CT molecular complexity index is 603. The van der Waals surface area contributed by atoms with Crippen molar-refractivity contribution in [3.63, 3.8) is 0 Å². The maximum Gasteiger partial charge on any atom is 0.128 e. The van der Waals surface area contributed by atoms with Crippen LogP contribution >= 0.6 is 0 Å². The van der Waals surface area contributed by atoms with E-state index in [1.54, 1.807) is 5.57 Å². The Morgan fingerprint density at radius 1 is 1.39 bits per heavy atom. The summed E-state index contributed by atoms with van der Waals surface area (Å²) >= 11 is 0. The molecule has 3 rings (SSSR count). The highest BCUT2D eigenvalue weighted by Gasteiger charge is 2.21. The predicted molar refractivity (Wildman–Crippen MR) is 95.2 cm³/mol. The number of fused-ring (bicyclic) bond motifs is 1. The van der Waals surface area contributed by atoms with E-state index in [4.69, 9.17) is 4.98 Å². The summed E-state index contributed by atoms with van der Waals surface area (Å²) in [6, 6.07) is 0. The maximum atomic E-state index is 4.75. The summed E-state index contributed by atoms with van der Waals surface area (Å²) in [6.07, 6.45) is 11.4. The Labute approximate surface area is 140 Å². The standard InChI is InChI=1S/C20H29N3/c1-4-5-20-21-12-18-14-23(11-10-19(18)22-20)13-16-6-8-17(9-7-16)15(2)3/h6,12,17H,2,4-5,7-11,13-14H2,1,3H3. The molecule has 0 saturated carbocycles. The van der Waals surface area contributed by atoms with Crippen LogP contribution in [0.15, 0.2) is 30.0 Å². The third-order valence-electron chi connectivity index (χ3n) is 5.17. The molecular weight excluding hydrogens is 282 g/mol. The van der Waals surface area contributed by atoms with E-state index in [9.17, 15) is 0 Å². The van der Waals surface area contributed by atoms with E-state index in [-0.39, 0.29) is 0 Å². The van der Waals surface area contributed by atoms with Crippen molar-refractivity contribution < 1.29 is 0 Å². The molecule has 0 bridgehead atoms. The molecule has 0 N–H and O–H groups in total. The Kier molecular flexibility index (Phi) is 5.27. The number of nitrogens with zero attached hydrogens (tertiary/aromatic N) is 3. The van der Waals surface area contributed by atoms with Crippen molar-refractivity contribution in [2.24, 2.45) is 5.92 Å². The largest absolute Gasteiger partial charge is 0.295 e. The highest BCUT2D eigenvalue weighted by molar-refractivity contribution is 5.22. The summed E-state index contributed by atoms with van der Waals surface area (Å²) in [5.41, 5.74) is 5.55. The van der Waals surface area contributed by atoms with Gasteiger partial charge in [0, 0.05) is 49.9 Å². The molecule has 2 aliphatic rings. The molecule has 124 valence electrons. The monoisotopic (exact) mass is 311 g/mol. The zero-order chi connectivity index (χ0) is 16.2. The molecular formula is C20H29N3. The molecule has 0 spiro atoms. The van der Waals surface area contributed by atoms with Gasteiger partial charge in [-0.25, -0.2) is 9.97 Å². The molecule has 0 saturated heterocycles. The Morgan fingerprint density at radius 3 is 2.96 bits per heavy atom. The van der Waals surface area contributed by atoms with Crippen LogP contribution in [0.25, 0.3) is 0 Å². The Morgan fingerprint density at radius 2 is 2.26 bits per heavy atom. The van der Waals surface area contributed by atoms with E-state index in [1.165, 1.54) is 36.1 Å². The summed E-state index contributed by atoms with van der Waals surface area (Å²) in [6.45, 7) is 11.7. The molecule has 0 amide bonds. The van der Waals surface area contributed by atoms with Crippen LogP contribution in [-0.4, -0.2) is 28.0 Å². The minimum atomic E-state index is 0.700. The van der Waals surface area contributed by atoms with Gasteiger partial charge in [-0.2, -0.15) is 0 Å². The summed E-state index contributed by atoms with van der Waals surface area (Å²) in [5.74, 6) is 1.71. The van der Waals surface area contributed by atoms with E-state index in [1.807, 2.05) is 0 Å². The topological polar surface area (TPSA) is 29.0 Å². The molecule has 1 aliphatic carbocycles. The van der Waals surface area contributed by atoms with Crippen molar-refractivity contribution >= 4 is 0 Å². The van der Waals surface area contributed by atoms with Gasteiger partial charge in [-0.05, 0) is 38.5 Å². The van der Waals surface area contributed by atoms with Crippen molar-refractivity contribution in [2.45, 2.75) is 58.9 Å². The van der Waals surface area contributed by atoms with Crippen LogP contribution in [0.3, 0.4) is 0 Å². The zero-order valence-electron chi connectivity index (χ0n) is 14.6. The fraction of sp³-hybridized carbons (Fsp3) is 0.600. The van der Waals surface area contributed by atoms with Gasteiger partial charge in [0.15, 0.2) is 0 Å². The van der Waals surface area contributed by atoms with Crippen molar-refractivity contribution in [3.8, 4) is 0 Å². The van der Waals surface area contributed by atoms with Gasteiger partial charge in [0.1, 0.15) is 5.82 Å². The lowest BCUT2D eigenvalue weighted by molar-refractivity contribution is 0.266. The first-order valence-electron chi connectivity index (χ1n) is 9.05. The number of hydrogen-bond donors (Lipinski definition) is 0. The van der Waals surface area contributed by atoms with Crippen LogP contribution in [-0.2, 0) is 19.4 Å². The molecule has 1 atom stereocenters. The average molecular weight is 311 g/mol. The first kappa shape index (κ1) is 16.4. The molecule has 1 aromatic rings. The van der Waals surface area contributed by atoms with Gasteiger partial charge >= 0.3 is 0 Å². The molecule has 0 aromatic carbocycles. The Balaban J connectivity index is 1.59. The summed E-state index contributed by atoms with van der Waals surface area (Å²) in [5, 5.41) is 0. The lowest BCUT2D eigenvalue weighted by Gasteiger charge is -2.31. The first-order chi connectivity index (χ1) is 11.2. The average Bonchev–Trinajstić information content (AvgIpc) is 2.56. The smallest absolute Gasteiger partial charge is 0.128 e. The van der Waals surface area contributed by atoms with E-state index >= 15 is 0 Å². The van der Waals surface area contributed by atoms with Gasteiger partial charge in [-0.1, -0.05) is 30.7 Å². The molecule has 0 radical (unpaired) electrons. The van der Waals surface area contributed by atoms with Crippen molar-refractivity contribution in [1.29, 1.82) is 0 Å². The van der Waals surface area contributed by atoms with E-state index < -0.39 is 0 Å². The lowest BCUT2D eigenvalue weighted by atomic mass is 9.85. The molecule has 1 aliphatic heterocycles. The Hall–Kier alpha value is -1.48. The number of allylic oxidation sites excluding steroid dienone is 2. The molecule has 3 heteroatoms. The highest BCUT2D eigenvalue weighted by Crippen LogP contribution is 2.29. The summed E-state index contributed by atoms with van der Waals surface area (Å²) in [4.78, 5) is 11.8. The molecule has 1 aromatic heterocycles. The second-order valence-electron chi connectivity index (χ2n) is 7.15. The van der Waals surface area contributed by atoms with Crippen molar-refractivity contribution in [2.75, 3.05) is 13.1 Å². The third-order valence-corrected chi connectivity index (χ3v) is 5.17. The quantitative estimate of drug-likeness (QED) is 0.767. The third kappa shape index (κ3) is 4.08. The summed E-state index contributed by atoms with van der Waals surface area (Å²) < 4.78 is 0. The number of rotatable bonds is 5. The van der Waals surface area contributed by atoms with Crippen LogP contribution < -0.4 is 0 Å². The van der Waals surface area contributed by atoms with Gasteiger partial charge < -0.3 is 0 Å². The van der Waals surface area contributed by atoms with Crippen LogP contribution in [0, 0.1) is 5.92 Å². The summed E-state index contributed by atoms with van der Waals surface area (Å²) in [7, 11) is 0. The fourth-order valence-electron chi connectivity index (χ4n) is 3.66. The molecule has 3 nitrogen and oxygen atoms in total. The van der Waals surface area contributed by atoms with Crippen molar-refractivity contribution in [1.82, 2.24) is 14.9 Å². The van der Waals surface area contributed by atoms with Gasteiger partial charge in [0.05, 0.1) is 0 Å². The number of aromatic nitrogens is 2. The second kappa shape index (κ2) is 7.39. The van der Waals surface area contributed by atoms with E-state index in [2.05, 4.69) is 42.6 Å². The predicted octanol–water partition coefficient (Wildman–Crippen LogP) is 4.09. The molecule has 23 heavy (non-hydrogen) atoms. The van der Waals surface area contributed by atoms with Crippen molar-refractivity contribution in [3.05, 3.63) is 47.1 Å². The zero-order valence-corrected chi connectivity index (χ0v) is 14.6. The van der Waals surface area contributed by atoms with Gasteiger partial charge in [0.25, 0.3) is 0 Å². The van der Waals surface area contributed by atoms with Crippen LogP contribution in [0.2, 0.25) is 0 Å². The normalized spacial score (nSPS) is 21.7. The highest BCUT2D eigenvalue weighted by atomic mass is 15.1. The second-order valence-corrected chi connectivity index (χ2v) is 7.15. The molecule has 1 unspecified atom stereocenters. The number of aryl methyl sites for hydroxylation is 1. The maximum absolute atomic E-state index is 4.75. The fourth-order valence-corrected chi connectivity index (χ4v) is 3.66. The van der Waals surface area contributed by atoms with E-state index in [0.717, 1.165) is 44.7 Å². The SMILES string of the molecule is C=C(C)C1CC=C(CN2CCc3nc(CCC)ncc3C2)CC1. The van der Waals surface area contributed by atoms with Crippen LogP contribution in [0.5, 0.6) is 0 Å². The van der Waals surface area contributed by atoms with Gasteiger partial charge in [0.2, 0.25) is 0 Å².